The van der Waals surface area contributed by atoms with Gasteiger partial charge >= 0.3 is 12.0 Å². The van der Waals surface area contributed by atoms with Crippen LogP contribution in [0.2, 0.25) is 0 Å². The molecule has 0 radical (unpaired) electrons. The molecule has 1 aromatic carbocycles. The van der Waals surface area contributed by atoms with Gasteiger partial charge in [-0.1, -0.05) is 12.1 Å². The van der Waals surface area contributed by atoms with Gasteiger partial charge in [0.1, 0.15) is 0 Å². The van der Waals surface area contributed by atoms with Crippen LogP contribution in [-0.4, -0.2) is 53.5 Å². The lowest BCUT2D eigenvalue weighted by Gasteiger charge is -2.13. The summed E-state index contributed by atoms with van der Waals surface area (Å²) in [6.07, 6.45) is 1.60. The highest BCUT2D eigenvalue weighted by molar-refractivity contribution is 6.21. The first-order chi connectivity index (χ1) is 12.0. The Hall–Kier alpha value is -2.90. The number of carbonyl (C=O) groups excluding carboxylic acids is 3. The summed E-state index contributed by atoms with van der Waals surface area (Å²) >= 11 is 0. The standard InChI is InChI=1S/C17H21N3O5/c21-14(22)8-5-10-19-17(25)18-9-3-4-11-20-15(23)12-6-1-2-7-13(12)16(20)24/h1-2,6-7H,3-5,8-11H2,(H,21,22)(H2,18,19,25). The molecule has 0 aromatic heterocycles. The third kappa shape index (κ3) is 5.03. The normalized spacial score (nSPS) is 12.9. The predicted octanol–water partition coefficient (Wildman–Crippen LogP) is 1.23. The highest BCUT2D eigenvalue weighted by Gasteiger charge is 2.34. The van der Waals surface area contributed by atoms with Gasteiger partial charge < -0.3 is 15.7 Å². The zero-order valence-electron chi connectivity index (χ0n) is 13.8. The van der Waals surface area contributed by atoms with E-state index in [1.165, 1.54) is 4.90 Å². The number of carbonyl (C=O) groups is 4. The molecule has 1 aromatic rings. The fourth-order valence-electron chi connectivity index (χ4n) is 2.54. The summed E-state index contributed by atoms with van der Waals surface area (Å²) < 4.78 is 0. The Bertz CT molecular complexity index is 639. The Morgan fingerprint density at radius 3 is 2.04 bits per heavy atom. The van der Waals surface area contributed by atoms with Gasteiger partial charge in [-0.3, -0.25) is 19.3 Å². The number of carboxylic acids is 1. The van der Waals surface area contributed by atoms with Gasteiger partial charge in [-0.15, -0.1) is 0 Å². The van der Waals surface area contributed by atoms with E-state index in [0.29, 0.717) is 50.0 Å². The maximum absolute atomic E-state index is 12.2. The van der Waals surface area contributed by atoms with Crippen LogP contribution >= 0.6 is 0 Å². The van der Waals surface area contributed by atoms with E-state index >= 15 is 0 Å². The fraction of sp³-hybridized carbons (Fsp3) is 0.412. The number of aliphatic carboxylic acids is 1. The van der Waals surface area contributed by atoms with Gasteiger partial charge in [0.05, 0.1) is 11.1 Å². The minimum Gasteiger partial charge on any atom is -0.481 e. The Kier molecular flexibility index (Phi) is 6.50. The van der Waals surface area contributed by atoms with Crippen molar-refractivity contribution in [1.29, 1.82) is 0 Å². The number of imide groups is 1. The van der Waals surface area contributed by atoms with E-state index in [1.807, 2.05) is 0 Å². The molecule has 2 rings (SSSR count). The first kappa shape index (κ1) is 18.4. The van der Waals surface area contributed by atoms with E-state index in [-0.39, 0.29) is 24.3 Å². The number of benzene rings is 1. The molecular weight excluding hydrogens is 326 g/mol. The van der Waals surface area contributed by atoms with Gasteiger partial charge in [-0.05, 0) is 31.4 Å². The lowest BCUT2D eigenvalue weighted by atomic mass is 10.1. The third-order valence-corrected chi connectivity index (χ3v) is 3.83. The Labute approximate surface area is 145 Å². The molecule has 134 valence electrons. The molecule has 0 saturated carbocycles. The fourth-order valence-corrected chi connectivity index (χ4v) is 2.54. The molecule has 25 heavy (non-hydrogen) atoms. The largest absolute Gasteiger partial charge is 0.481 e. The minimum atomic E-state index is -0.893. The molecule has 1 aliphatic rings. The van der Waals surface area contributed by atoms with Crippen molar-refractivity contribution in [3.05, 3.63) is 35.4 Å². The summed E-state index contributed by atoms with van der Waals surface area (Å²) in [5.74, 6) is -1.44. The van der Waals surface area contributed by atoms with Gasteiger partial charge in [0.2, 0.25) is 0 Å². The number of amides is 4. The molecule has 8 nitrogen and oxygen atoms in total. The molecule has 1 heterocycles. The summed E-state index contributed by atoms with van der Waals surface area (Å²) in [6, 6.07) is 6.39. The SMILES string of the molecule is O=C(O)CCCNC(=O)NCCCCN1C(=O)c2ccccc2C1=O. The van der Waals surface area contributed by atoms with Crippen LogP contribution in [0, 0.1) is 0 Å². The highest BCUT2D eigenvalue weighted by atomic mass is 16.4. The number of nitrogens with one attached hydrogen (secondary N) is 2. The Morgan fingerprint density at radius 1 is 0.920 bits per heavy atom. The van der Waals surface area contributed by atoms with Gasteiger partial charge in [0.25, 0.3) is 11.8 Å². The summed E-state index contributed by atoms with van der Waals surface area (Å²) in [6.45, 7) is 1.02. The molecule has 0 saturated heterocycles. The van der Waals surface area contributed by atoms with Crippen LogP contribution < -0.4 is 10.6 Å². The second-order valence-corrected chi connectivity index (χ2v) is 5.69. The van der Waals surface area contributed by atoms with Crippen LogP contribution in [0.5, 0.6) is 0 Å². The van der Waals surface area contributed by atoms with Crippen molar-refractivity contribution in [3.8, 4) is 0 Å². The number of hydrogen-bond donors (Lipinski definition) is 3. The average molecular weight is 347 g/mol. The number of fused-ring (bicyclic) bond motifs is 1. The van der Waals surface area contributed by atoms with Gasteiger partial charge in [0.15, 0.2) is 0 Å². The van der Waals surface area contributed by atoms with Crippen molar-refractivity contribution >= 4 is 23.8 Å². The number of carboxylic acid groups (broad SMARTS) is 1. The van der Waals surface area contributed by atoms with E-state index in [9.17, 15) is 19.2 Å². The van der Waals surface area contributed by atoms with Crippen molar-refractivity contribution in [2.75, 3.05) is 19.6 Å². The lowest BCUT2D eigenvalue weighted by molar-refractivity contribution is -0.137. The summed E-state index contributed by atoms with van der Waals surface area (Å²) in [4.78, 5) is 47.4. The molecule has 0 aliphatic carbocycles. The first-order valence-corrected chi connectivity index (χ1v) is 8.19. The zero-order chi connectivity index (χ0) is 18.2. The van der Waals surface area contributed by atoms with Crippen molar-refractivity contribution in [3.63, 3.8) is 0 Å². The van der Waals surface area contributed by atoms with E-state index in [4.69, 9.17) is 5.11 Å². The van der Waals surface area contributed by atoms with Crippen LogP contribution in [0.4, 0.5) is 4.79 Å². The summed E-state index contributed by atoms with van der Waals surface area (Å²) in [5, 5.41) is 13.7. The average Bonchev–Trinajstić information content (AvgIpc) is 2.83. The van der Waals surface area contributed by atoms with Crippen LogP contribution in [0.3, 0.4) is 0 Å². The van der Waals surface area contributed by atoms with Crippen LogP contribution in [0.1, 0.15) is 46.4 Å². The second kappa shape index (κ2) is 8.81. The minimum absolute atomic E-state index is 0.0144. The number of rotatable bonds is 9. The molecular formula is C17H21N3O5. The smallest absolute Gasteiger partial charge is 0.314 e. The maximum atomic E-state index is 12.2. The second-order valence-electron chi connectivity index (χ2n) is 5.69. The number of unbranched alkanes of at least 4 members (excludes halogenated alkanes) is 1. The Balaban J connectivity index is 1.61. The van der Waals surface area contributed by atoms with Gasteiger partial charge in [-0.2, -0.15) is 0 Å². The van der Waals surface area contributed by atoms with E-state index in [1.54, 1.807) is 24.3 Å². The highest BCUT2D eigenvalue weighted by Crippen LogP contribution is 2.22. The molecule has 1 aliphatic heterocycles. The number of urea groups is 1. The van der Waals surface area contributed by atoms with Gasteiger partial charge in [-0.25, -0.2) is 4.79 Å². The zero-order valence-corrected chi connectivity index (χ0v) is 13.8. The lowest BCUT2D eigenvalue weighted by Crippen LogP contribution is -2.37. The van der Waals surface area contributed by atoms with Crippen LogP contribution in [-0.2, 0) is 4.79 Å². The number of hydrogen-bond acceptors (Lipinski definition) is 4. The topological polar surface area (TPSA) is 116 Å². The summed E-state index contributed by atoms with van der Waals surface area (Å²) in [5.41, 5.74) is 0.873. The van der Waals surface area contributed by atoms with Crippen molar-refractivity contribution in [2.45, 2.75) is 25.7 Å². The predicted molar refractivity (Wildman–Crippen MR) is 89.3 cm³/mol. The maximum Gasteiger partial charge on any atom is 0.314 e. The van der Waals surface area contributed by atoms with Crippen molar-refractivity contribution in [1.82, 2.24) is 15.5 Å². The quantitative estimate of drug-likeness (QED) is 0.459. The van der Waals surface area contributed by atoms with Crippen LogP contribution in [0.15, 0.2) is 24.3 Å². The molecule has 3 N–H and O–H groups in total. The van der Waals surface area contributed by atoms with E-state index < -0.39 is 5.97 Å². The first-order valence-electron chi connectivity index (χ1n) is 8.19. The monoisotopic (exact) mass is 347 g/mol. The Morgan fingerprint density at radius 2 is 1.48 bits per heavy atom. The molecule has 4 amide bonds. The van der Waals surface area contributed by atoms with E-state index in [0.717, 1.165) is 0 Å². The van der Waals surface area contributed by atoms with Crippen molar-refractivity contribution in [2.24, 2.45) is 0 Å². The molecule has 0 unspecified atom stereocenters. The third-order valence-electron chi connectivity index (χ3n) is 3.83. The summed E-state index contributed by atoms with van der Waals surface area (Å²) in [7, 11) is 0. The van der Waals surface area contributed by atoms with Gasteiger partial charge in [0, 0.05) is 26.1 Å². The van der Waals surface area contributed by atoms with E-state index in [2.05, 4.69) is 10.6 Å². The molecule has 0 atom stereocenters. The number of nitrogens with zero attached hydrogens (tertiary/aromatic N) is 1. The molecule has 0 fully saturated rings. The molecule has 0 bridgehead atoms. The van der Waals surface area contributed by atoms with Crippen molar-refractivity contribution < 1.29 is 24.3 Å². The van der Waals surface area contributed by atoms with Crippen LogP contribution in [0.25, 0.3) is 0 Å². The molecule has 0 spiro atoms. The molecule has 8 heteroatoms.